The number of ketones is 1. The molecule has 1 saturated heterocycles. The minimum absolute atomic E-state index is 0.00378. The number of nitrogens with zero attached hydrogens (tertiary/aromatic N) is 2. The molecule has 3 aromatic carbocycles. The number of aryl methyl sites for hydroxylation is 1. The van der Waals surface area contributed by atoms with E-state index in [0.717, 1.165) is 22.2 Å². The number of carbonyl (C=O) groups excluding carboxylic acids is 2. The van der Waals surface area contributed by atoms with Gasteiger partial charge in [-0.25, -0.2) is 4.98 Å². The lowest BCUT2D eigenvalue weighted by molar-refractivity contribution is -0.132. The monoisotopic (exact) mass is 514 g/mol. The Morgan fingerprint density at radius 1 is 1.05 bits per heavy atom. The summed E-state index contributed by atoms with van der Waals surface area (Å²) >= 11 is 1.34. The van der Waals surface area contributed by atoms with Crippen LogP contribution in [0.25, 0.3) is 16.0 Å². The van der Waals surface area contributed by atoms with Crippen LogP contribution in [0, 0.1) is 6.92 Å². The summed E-state index contributed by atoms with van der Waals surface area (Å²) in [6.45, 7) is 4.60. The summed E-state index contributed by atoms with van der Waals surface area (Å²) in [4.78, 5) is 32.9. The lowest BCUT2D eigenvalue weighted by Gasteiger charge is -2.23. The quantitative estimate of drug-likeness (QED) is 0.184. The minimum Gasteiger partial charge on any atom is -0.507 e. The molecule has 4 aromatic rings. The van der Waals surface area contributed by atoms with Gasteiger partial charge in [-0.3, -0.25) is 14.5 Å². The summed E-state index contributed by atoms with van der Waals surface area (Å²) < 4.78 is 11.9. The summed E-state index contributed by atoms with van der Waals surface area (Å²) in [5, 5.41) is 11.7. The van der Waals surface area contributed by atoms with E-state index in [9.17, 15) is 14.7 Å². The van der Waals surface area contributed by atoms with Gasteiger partial charge >= 0.3 is 5.91 Å². The molecule has 0 saturated carbocycles. The number of aliphatic hydroxyl groups is 1. The van der Waals surface area contributed by atoms with Crippen LogP contribution in [0.4, 0.5) is 5.13 Å². The van der Waals surface area contributed by atoms with E-state index >= 15 is 0 Å². The van der Waals surface area contributed by atoms with Crippen molar-refractivity contribution in [2.45, 2.75) is 26.3 Å². The summed E-state index contributed by atoms with van der Waals surface area (Å²) in [7, 11) is 1.52. The Morgan fingerprint density at radius 3 is 2.57 bits per heavy atom. The van der Waals surface area contributed by atoms with Crippen LogP contribution >= 0.6 is 11.3 Å². The van der Waals surface area contributed by atoms with Gasteiger partial charge in [0.1, 0.15) is 17.3 Å². The molecule has 37 heavy (non-hydrogen) atoms. The molecule has 1 aromatic heterocycles. The van der Waals surface area contributed by atoms with Crippen LogP contribution in [-0.2, 0) is 9.59 Å². The number of benzene rings is 3. The Morgan fingerprint density at radius 2 is 1.84 bits per heavy atom. The SMILES string of the molecule is CCCOc1ccc(C2C(=C(O)c3cccc(OC)c3)C(=O)C(=O)N2c2nc3ccc(C)cc3s2)cc1. The van der Waals surface area contributed by atoms with E-state index in [2.05, 4.69) is 4.98 Å². The van der Waals surface area contributed by atoms with Crippen LogP contribution in [0.5, 0.6) is 11.5 Å². The molecule has 0 spiro atoms. The van der Waals surface area contributed by atoms with Crippen molar-refractivity contribution in [3.8, 4) is 11.5 Å². The number of rotatable bonds is 7. The largest absolute Gasteiger partial charge is 0.507 e. The van der Waals surface area contributed by atoms with Crippen LogP contribution in [0.1, 0.15) is 36.1 Å². The highest BCUT2D eigenvalue weighted by Crippen LogP contribution is 2.44. The van der Waals surface area contributed by atoms with Gasteiger partial charge in [-0.05, 0) is 60.9 Å². The lowest BCUT2D eigenvalue weighted by Crippen LogP contribution is -2.29. The number of carbonyl (C=O) groups is 2. The number of Topliss-reactive ketones (excluding diaryl/α,β-unsaturated/α-hetero) is 1. The second kappa shape index (κ2) is 10.1. The maximum absolute atomic E-state index is 13.5. The number of ether oxygens (including phenoxy) is 2. The summed E-state index contributed by atoms with van der Waals surface area (Å²) in [6, 6.07) is 19.0. The second-order valence-electron chi connectivity index (χ2n) is 8.79. The first-order valence-corrected chi connectivity index (χ1v) is 12.8. The van der Waals surface area contributed by atoms with Crippen molar-refractivity contribution in [3.63, 3.8) is 0 Å². The fourth-order valence-corrected chi connectivity index (χ4v) is 5.45. The molecule has 0 bridgehead atoms. The number of aromatic nitrogens is 1. The predicted octanol–water partition coefficient (Wildman–Crippen LogP) is 6.03. The van der Waals surface area contributed by atoms with Crippen molar-refractivity contribution < 1.29 is 24.2 Å². The molecule has 0 aliphatic carbocycles. The number of aliphatic hydroxyl groups excluding tert-OH is 1. The fraction of sp³-hybridized carbons (Fsp3) is 0.207. The topological polar surface area (TPSA) is 89.0 Å². The molecule has 2 heterocycles. The van der Waals surface area contributed by atoms with Crippen molar-refractivity contribution in [2.24, 2.45) is 0 Å². The lowest BCUT2D eigenvalue weighted by atomic mass is 9.95. The van der Waals surface area contributed by atoms with E-state index in [1.807, 2.05) is 44.2 Å². The number of anilines is 1. The Balaban J connectivity index is 1.68. The fourth-order valence-electron chi connectivity index (χ4n) is 4.36. The van der Waals surface area contributed by atoms with Gasteiger partial charge in [-0.15, -0.1) is 0 Å². The Labute approximate surface area is 218 Å². The summed E-state index contributed by atoms with van der Waals surface area (Å²) in [5.41, 5.74) is 2.84. The Hall–Kier alpha value is -4.17. The van der Waals surface area contributed by atoms with Crippen molar-refractivity contribution in [1.82, 2.24) is 4.98 Å². The molecule has 8 heteroatoms. The Kier molecular flexibility index (Phi) is 6.67. The molecule has 1 N–H and O–H groups in total. The van der Waals surface area contributed by atoms with E-state index < -0.39 is 17.7 Å². The van der Waals surface area contributed by atoms with E-state index in [-0.39, 0.29) is 11.3 Å². The second-order valence-corrected chi connectivity index (χ2v) is 9.80. The molecule has 1 fully saturated rings. The van der Waals surface area contributed by atoms with E-state index in [1.165, 1.54) is 23.3 Å². The van der Waals surface area contributed by atoms with Crippen LogP contribution in [0.2, 0.25) is 0 Å². The zero-order chi connectivity index (χ0) is 26.1. The standard InChI is InChI=1S/C29H26N2O5S/c1-4-14-36-20-11-9-18(10-12-20)25-24(26(32)19-6-5-7-21(16-19)35-3)27(33)28(34)31(25)29-30-22-13-8-17(2)15-23(22)37-29/h5-13,15-16,25,32H,4,14H2,1-3H3. The maximum atomic E-state index is 13.5. The predicted molar refractivity (Wildman–Crippen MR) is 144 cm³/mol. The van der Waals surface area contributed by atoms with Gasteiger partial charge in [-0.2, -0.15) is 0 Å². The molecule has 1 unspecified atom stereocenters. The third-order valence-electron chi connectivity index (χ3n) is 6.20. The number of amides is 1. The molecular weight excluding hydrogens is 488 g/mol. The highest BCUT2D eigenvalue weighted by Gasteiger charge is 2.48. The van der Waals surface area contributed by atoms with Crippen molar-refractivity contribution in [1.29, 1.82) is 0 Å². The van der Waals surface area contributed by atoms with Crippen LogP contribution in [0.15, 0.2) is 72.3 Å². The van der Waals surface area contributed by atoms with E-state index in [1.54, 1.807) is 36.4 Å². The number of methoxy groups -OCH3 is 1. The maximum Gasteiger partial charge on any atom is 0.301 e. The minimum atomic E-state index is -0.868. The first-order valence-electron chi connectivity index (χ1n) is 12.0. The summed E-state index contributed by atoms with van der Waals surface area (Å²) in [5.74, 6) is -0.573. The van der Waals surface area contributed by atoms with Crippen molar-refractivity contribution in [3.05, 3.63) is 89.0 Å². The van der Waals surface area contributed by atoms with Crippen LogP contribution in [-0.4, -0.2) is 35.5 Å². The smallest absolute Gasteiger partial charge is 0.301 e. The van der Waals surface area contributed by atoms with Crippen molar-refractivity contribution in [2.75, 3.05) is 18.6 Å². The molecule has 1 aliphatic heterocycles. The number of fused-ring (bicyclic) bond motifs is 1. The van der Waals surface area contributed by atoms with E-state index in [4.69, 9.17) is 9.47 Å². The Bertz CT molecular complexity index is 1520. The molecule has 188 valence electrons. The average molecular weight is 515 g/mol. The zero-order valence-electron chi connectivity index (χ0n) is 20.7. The van der Waals surface area contributed by atoms with Gasteiger partial charge in [-0.1, -0.05) is 48.6 Å². The number of hydrogen-bond acceptors (Lipinski definition) is 7. The van der Waals surface area contributed by atoms with Crippen LogP contribution in [0.3, 0.4) is 0 Å². The number of hydrogen-bond donors (Lipinski definition) is 1. The van der Waals surface area contributed by atoms with Gasteiger partial charge in [0.2, 0.25) is 0 Å². The van der Waals surface area contributed by atoms with Crippen molar-refractivity contribution >= 4 is 44.1 Å². The van der Waals surface area contributed by atoms with Gasteiger partial charge < -0.3 is 14.6 Å². The molecule has 7 nitrogen and oxygen atoms in total. The van der Waals surface area contributed by atoms with Gasteiger partial charge in [0.05, 0.1) is 35.5 Å². The molecular formula is C29H26N2O5S. The summed E-state index contributed by atoms with van der Waals surface area (Å²) in [6.07, 6.45) is 0.875. The van der Waals surface area contributed by atoms with Crippen LogP contribution < -0.4 is 14.4 Å². The van der Waals surface area contributed by atoms with E-state index in [0.29, 0.717) is 34.4 Å². The number of thiazole rings is 1. The van der Waals surface area contributed by atoms with Gasteiger partial charge in [0.25, 0.3) is 5.78 Å². The average Bonchev–Trinajstić information content (AvgIpc) is 3.44. The van der Waals surface area contributed by atoms with Gasteiger partial charge in [0, 0.05) is 5.56 Å². The first-order chi connectivity index (χ1) is 17.9. The highest BCUT2D eigenvalue weighted by molar-refractivity contribution is 7.22. The highest BCUT2D eigenvalue weighted by atomic mass is 32.1. The molecule has 1 amide bonds. The molecule has 0 radical (unpaired) electrons. The first kappa shape index (κ1) is 24.5. The zero-order valence-corrected chi connectivity index (χ0v) is 21.5. The van der Waals surface area contributed by atoms with Gasteiger partial charge in [0.15, 0.2) is 5.13 Å². The normalized spacial score (nSPS) is 16.9. The molecule has 5 rings (SSSR count). The molecule has 1 atom stereocenters. The molecule has 1 aliphatic rings. The third-order valence-corrected chi connectivity index (χ3v) is 7.21. The third kappa shape index (κ3) is 4.56.